The molecule has 0 spiro atoms. The van der Waals surface area contributed by atoms with Crippen molar-refractivity contribution in [3.05, 3.63) is 0 Å². The van der Waals surface area contributed by atoms with Gasteiger partial charge in [0, 0.05) is 5.75 Å². The Bertz CT molecular complexity index is 541. The lowest BCUT2D eigenvalue weighted by Gasteiger charge is -2.26. The summed E-state index contributed by atoms with van der Waals surface area (Å²) in [7, 11) is 0. The second kappa shape index (κ2) is 11.8. The number of hydrogen-bond acceptors (Lipinski definition) is 7. The third-order valence-electron chi connectivity index (χ3n) is 3.62. The molecule has 27 heavy (non-hydrogen) atoms. The number of carbonyl (C=O) groups excluding carboxylic acids is 3. The summed E-state index contributed by atoms with van der Waals surface area (Å²) < 4.78 is 0. The number of aliphatic hydroxyl groups is 1. The fourth-order valence-corrected chi connectivity index (χ4v) is 2.37. The number of amides is 3. The maximum absolute atomic E-state index is 12.4. The second-order valence-electron chi connectivity index (χ2n) is 6.79. The highest BCUT2D eigenvalue weighted by atomic mass is 32.1. The Balaban J connectivity index is 5.22. The molecule has 5 unspecified atom stereocenters. The topological polar surface area (TPSA) is 171 Å². The Hall–Kier alpha value is -1.85. The van der Waals surface area contributed by atoms with Gasteiger partial charge in [-0.05, 0) is 26.2 Å². The molecule has 0 aliphatic carbocycles. The Kier molecular flexibility index (Phi) is 11.0. The van der Waals surface area contributed by atoms with E-state index in [1.807, 2.05) is 13.8 Å². The summed E-state index contributed by atoms with van der Waals surface area (Å²) in [6.45, 7) is 6.34. The molecule has 10 nitrogen and oxygen atoms in total. The summed E-state index contributed by atoms with van der Waals surface area (Å²) in [6.07, 6.45) is -1.10. The largest absolute Gasteiger partial charge is 0.480 e. The van der Waals surface area contributed by atoms with Crippen LogP contribution in [-0.4, -0.2) is 69.9 Å². The number of thiol groups is 1. The standard InChI is InChI=1S/C16H30N4O6S/c1-7(2)5-10(14(23)20-12(9(4)21)16(25)26)18-15(24)11(6-27)19-13(22)8(3)17/h7-12,21,27H,5-6,17H2,1-4H3,(H,18,24)(H,19,22)(H,20,23)(H,25,26). The van der Waals surface area contributed by atoms with Crippen LogP contribution in [-0.2, 0) is 19.2 Å². The molecule has 5 atom stereocenters. The molecule has 0 aliphatic heterocycles. The first kappa shape index (κ1) is 25.1. The molecule has 0 radical (unpaired) electrons. The van der Waals surface area contributed by atoms with Crippen molar-refractivity contribution >= 4 is 36.3 Å². The Morgan fingerprint density at radius 3 is 1.78 bits per heavy atom. The molecule has 0 aromatic rings. The molecule has 0 saturated heterocycles. The number of carbonyl (C=O) groups is 4. The van der Waals surface area contributed by atoms with Crippen LogP contribution in [0.1, 0.15) is 34.1 Å². The van der Waals surface area contributed by atoms with Crippen molar-refractivity contribution in [3.8, 4) is 0 Å². The second-order valence-corrected chi connectivity index (χ2v) is 7.15. The summed E-state index contributed by atoms with van der Waals surface area (Å²) >= 11 is 4.02. The Morgan fingerprint density at radius 1 is 0.926 bits per heavy atom. The molecule has 7 N–H and O–H groups in total. The molecule has 11 heteroatoms. The van der Waals surface area contributed by atoms with Crippen LogP contribution >= 0.6 is 12.6 Å². The van der Waals surface area contributed by atoms with Gasteiger partial charge in [0.05, 0.1) is 12.1 Å². The van der Waals surface area contributed by atoms with Gasteiger partial charge < -0.3 is 31.9 Å². The number of carboxylic acids is 1. The van der Waals surface area contributed by atoms with E-state index in [2.05, 4.69) is 28.6 Å². The van der Waals surface area contributed by atoms with E-state index >= 15 is 0 Å². The van der Waals surface area contributed by atoms with Crippen molar-refractivity contribution in [2.75, 3.05) is 5.75 Å². The quantitative estimate of drug-likeness (QED) is 0.199. The lowest BCUT2D eigenvalue weighted by atomic mass is 10.0. The van der Waals surface area contributed by atoms with Crippen LogP contribution in [0.15, 0.2) is 0 Å². The molecule has 0 aromatic carbocycles. The molecule has 0 rings (SSSR count). The van der Waals surface area contributed by atoms with Crippen molar-refractivity contribution in [1.82, 2.24) is 16.0 Å². The van der Waals surface area contributed by atoms with E-state index in [0.29, 0.717) is 0 Å². The summed E-state index contributed by atoms with van der Waals surface area (Å²) in [5, 5.41) is 25.7. The third kappa shape index (κ3) is 9.07. The van der Waals surface area contributed by atoms with Gasteiger partial charge in [0.25, 0.3) is 0 Å². The van der Waals surface area contributed by atoms with Crippen molar-refractivity contribution in [2.24, 2.45) is 11.7 Å². The molecule has 156 valence electrons. The van der Waals surface area contributed by atoms with Gasteiger partial charge in [0.15, 0.2) is 6.04 Å². The first-order valence-corrected chi connectivity index (χ1v) is 9.22. The first-order valence-electron chi connectivity index (χ1n) is 8.59. The van der Waals surface area contributed by atoms with Crippen LogP contribution < -0.4 is 21.7 Å². The van der Waals surface area contributed by atoms with Gasteiger partial charge in [-0.2, -0.15) is 12.6 Å². The molecular formula is C16H30N4O6S. The van der Waals surface area contributed by atoms with Crippen molar-refractivity contribution in [1.29, 1.82) is 0 Å². The number of rotatable bonds is 11. The van der Waals surface area contributed by atoms with Crippen molar-refractivity contribution < 1.29 is 29.4 Å². The zero-order chi connectivity index (χ0) is 21.3. The molecule has 0 aliphatic rings. The van der Waals surface area contributed by atoms with Crippen molar-refractivity contribution in [3.63, 3.8) is 0 Å². The van der Waals surface area contributed by atoms with Gasteiger partial charge in [0.2, 0.25) is 17.7 Å². The highest BCUT2D eigenvalue weighted by molar-refractivity contribution is 7.80. The predicted octanol–water partition coefficient (Wildman–Crippen LogP) is -1.77. The van der Waals surface area contributed by atoms with Crippen LogP contribution in [0.5, 0.6) is 0 Å². The Morgan fingerprint density at radius 2 is 1.41 bits per heavy atom. The minimum Gasteiger partial charge on any atom is -0.480 e. The average Bonchev–Trinajstić information content (AvgIpc) is 2.54. The number of nitrogens with two attached hydrogens (primary N) is 1. The summed E-state index contributed by atoms with van der Waals surface area (Å²) in [5.41, 5.74) is 5.45. The average molecular weight is 407 g/mol. The SMILES string of the molecule is CC(C)CC(NC(=O)C(CS)NC(=O)C(C)N)C(=O)NC(C(=O)O)C(C)O. The van der Waals surface area contributed by atoms with Gasteiger partial charge in [0.1, 0.15) is 12.1 Å². The lowest BCUT2D eigenvalue weighted by Crippen LogP contribution is -2.58. The highest BCUT2D eigenvalue weighted by Gasteiger charge is 2.31. The van der Waals surface area contributed by atoms with Crippen LogP contribution in [0, 0.1) is 5.92 Å². The fourth-order valence-electron chi connectivity index (χ4n) is 2.12. The van der Waals surface area contributed by atoms with E-state index in [1.54, 1.807) is 0 Å². The molecular weight excluding hydrogens is 376 g/mol. The molecule has 0 bridgehead atoms. The minimum absolute atomic E-state index is 0.00369. The maximum atomic E-state index is 12.4. The maximum Gasteiger partial charge on any atom is 0.328 e. The predicted molar refractivity (Wildman–Crippen MR) is 102 cm³/mol. The zero-order valence-electron chi connectivity index (χ0n) is 15.9. The van der Waals surface area contributed by atoms with Crippen LogP contribution in [0.3, 0.4) is 0 Å². The third-order valence-corrected chi connectivity index (χ3v) is 3.98. The number of carboxylic acid groups (broad SMARTS) is 1. The van der Waals surface area contributed by atoms with E-state index < -0.39 is 54.0 Å². The van der Waals surface area contributed by atoms with Gasteiger partial charge in [-0.15, -0.1) is 0 Å². The van der Waals surface area contributed by atoms with Crippen LogP contribution in [0.25, 0.3) is 0 Å². The molecule has 0 aromatic heterocycles. The van der Waals surface area contributed by atoms with Crippen LogP contribution in [0.4, 0.5) is 0 Å². The number of aliphatic carboxylic acids is 1. The smallest absolute Gasteiger partial charge is 0.328 e. The van der Waals surface area contributed by atoms with E-state index in [1.165, 1.54) is 13.8 Å². The van der Waals surface area contributed by atoms with Gasteiger partial charge >= 0.3 is 5.97 Å². The molecule has 0 saturated carbocycles. The van der Waals surface area contributed by atoms with E-state index in [0.717, 1.165) is 0 Å². The zero-order valence-corrected chi connectivity index (χ0v) is 16.8. The van der Waals surface area contributed by atoms with Gasteiger partial charge in [-0.1, -0.05) is 13.8 Å². The van der Waals surface area contributed by atoms with Gasteiger partial charge in [-0.25, -0.2) is 4.79 Å². The Labute approximate surface area is 164 Å². The van der Waals surface area contributed by atoms with E-state index in [9.17, 15) is 24.3 Å². The fraction of sp³-hybridized carbons (Fsp3) is 0.750. The summed E-state index contributed by atoms with van der Waals surface area (Å²) in [5.74, 6) is -3.36. The number of hydrogen-bond donors (Lipinski definition) is 7. The minimum atomic E-state index is -1.51. The highest BCUT2D eigenvalue weighted by Crippen LogP contribution is 2.07. The monoisotopic (exact) mass is 406 g/mol. The summed E-state index contributed by atoms with van der Waals surface area (Å²) in [4.78, 5) is 47.7. The van der Waals surface area contributed by atoms with E-state index in [4.69, 9.17) is 10.8 Å². The normalized spacial score (nSPS) is 16.6. The van der Waals surface area contributed by atoms with Crippen molar-refractivity contribution in [2.45, 2.75) is 64.4 Å². The number of nitrogens with one attached hydrogen (secondary N) is 3. The molecule has 0 heterocycles. The molecule has 0 fully saturated rings. The number of aliphatic hydroxyl groups excluding tert-OH is 1. The van der Waals surface area contributed by atoms with Gasteiger partial charge in [-0.3, -0.25) is 14.4 Å². The molecule has 3 amide bonds. The summed E-state index contributed by atoms with van der Waals surface area (Å²) in [6, 6.07) is -4.39. The van der Waals surface area contributed by atoms with E-state index in [-0.39, 0.29) is 18.1 Å². The first-order chi connectivity index (χ1) is 12.4. The van der Waals surface area contributed by atoms with Crippen LogP contribution in [0.2, 0.25) is 0 Å². The lowest BCUT2D eigenvalue weighted by molar-refractivity contribution is -0.145.